The molecule has 2 nitrogen and oxygen atoms in total. The molecule has 0 aliphatic heterocycles. The molecule has 2 unspecified atom stereocenters. The summed E-state index contributed by atoms with van der Waals surface area (Å²) in [6, 6.07) is 0.368. The van der Waals surface area contributed by atoms with Crippen LogP contribution in [0.25, 0.3) is 0 Å². The lowest BCUT2D eigenvalue weighted by molar-refractivity contribution is -0.122. The number of carbonyl (C=O) groups is 1. The molecule has 0 aromatic carbocycles. The van der Waals surface area contributed by atoms with Crippen molar-refractivity contribution < 1.29 is 4.79 Å². The fourth-order valence-corrected chi connectivity index (χ4v) is 2.78. The van der Waals surface area contributed by atoms with Gasteiger partial charge in [0.25, 0.3) is 0 Å². The second kappa shape index (κ2) is 7.26. The van der Waals surface area contributed by atoms with Gasteiger partial charge >= 0.3 is 0 Å². The van der Waals surface area contributed by atoms with Crippen LogP contribution in [0.3, 0.4) is 0 Å². The fraction of sp³-hybridized carbons (Fsp3) is 0.917. The molecular formula is C12H22BrNO. The molecule has 0 aromatic rings. The molecule has 1 aliphatic carbocycles. The maximum absolute atomic E-state index is 11.6. The quantitative estimate of drug-likeness (QED) is 0.605. The summed E-state index contributed by atoms with van der Waals surface area (Å²) in [5.74, 6) is 0.236. The first kappa shape index (κ1) is 13.0. The Bertz CT molecular complexity index is 196. The molecule has 0 heterocycles. The second-order valence-electron chi connectivity index (χ2n) is 4.43. The first-order valence-corrected chi connectivity index (χ1v) is 7.09. The first-order chi connectivity index (χ1) is 7.24. The molecule has 0 spiro atoms. The molecule has 2 atom stereocenters. The average Bonchev–Trinajstić information content (AvgIpc) is 2.22. The van der Waals surface area contributed by atoms with E-state index in [9.17, 15) is 4.79 Å². The topological polar surface area (TPSA) is 29.1 Å². The molecule has 1 N–H and O–H groups in total. The summed E-state index contributed by atoms with van der Waals surface area (Å²) in [5, 5.41) is 3.14. The summed E-state index contributed by atoms with van der Waals surface area (Å²) in [4.78, 5) is 12.1. The third kappa shape index (κ3) is 5.01. The van der Waals surface area contributed by atoms with Gasteiger partial charge in [-0.25, -0.2) is 0 Å². The standard InChI is InChI=1S/C12H22BrNO/c1-2-3-4-9-12(15)14-11-8-6-5-7-10(11)13/h10-11H,2-9H2,1H3,(H,14,15). The summed E-state index contributed by atoms with van der Waals surface area (Å²) in [6.07, 6.45) is 8.94. The van der Waals surface area contributed by atoms with Crippen molar-refractivity contribution in [2.24, 2.45) is 0 Å². The van der Waals surface area contributed by atoms with Crippen molar-refractivity contribution in [1.82, 2.24) is 5.32 Å². The number of rotatable bonds is 5. The van der Waals surface area contributed by atoms with Crippen LogP contribution in [0.5, 0.6) is 0 Å². The minimum atomic E-state index is 0.236. The number of alkyl halides is 1. The largest absolute Gasteiger partial charge is 0.352 e. The normalized spacial score (nSPS) is 26.3. The minimum absolute atomic E-state index is 0.236. The van der Waals surface area contributed by atoms with Crippen molar-refractivity contribution in [3.8, 4) is 0 Å². The van der Waals surface area contributed by atoms with Crippen LogP contribution in [0.2, 0.25) is 0 Å². The van der Waals surface area contributed by atoms with E-state index in [4.69, 9.17) is 0 Å². The minimum Gasteiger partial charge on any atom is -0.352 e. The van der Waals surface area contributed by atoms with Crippen LogP contribution < -0.4 is 5.32 Å². The van der Waals surface area contributed by atoms with Gasteiger partial charge in [-0.3, -0.25) is 4.79 Å². The molecule has 15 heavy (non-hydrogen) atoms. The zero-order chi connectivity index (χ0) is 11.1. The van der Waals surface area contributed by atoms with Gasteiger partial charge in [-0.1, -0.05) is 48.5 Å². The number of hydrogen-bond acceptors (Lipinski definition) is 1. The molecule has 1 aliphatic rings. The predicted molar refractivity (Wildman–Crippen MR) is 67.3 cm³/mol. The summed E-state index contributed by atoms with van der Waals surface area (Å²) < 4.78 is 0. The Morgan fingerprint density at radius 2 is 2.07 bits per heavy atom. The Kier molecular flexibility index (Phi) is 6.30. The highest BCUT2D eigenvalue weighted by Crippen LogP contribution is 2.24. The van der Waals surface area contributed by atoms with Crippen LogP contribution in [0, 0.1) is 0 Å². The van der Waals surface area contributed by atoms with Crippen LogP contribution in [-0.2, 0) is 4.79 Å². The van der Waals surface area contributed by atoms with Crippen LogP contribution in [-0.4, -0.2) is 16.8 Å². The highest BCUT2D eigenvalue weighted by atomic mass is 79.9. The monoisotopic (exact) mass is 275 g/mol. The summed E-state index contributed by atoms with van der Waals surface area (Å²) >= 11 is 3.65. The molecule has 0 radical (unpaired) electrons. The van der Waals surface area contributed by atoms with Crippen LogP contribution in [0.4, 0.5) is 0 Å². The van der Waals surface area contributed by atoms with E-state index in [0.29, 0.717) is 17.3 Å². The maximum atomic E-state index is 11.6. The van der Waals surface area contributed by atoms with Gasteiger partial charge in [-0.05, 0) is 19.3 Å². The van der Waals surface area contributed by atoms with Crippen molar-refractivity contribution in [1.29, 1.82) is 0 Å². The van der Waals surface area contributed by atoms with Crippen molar-refractivity contribution in [3.05, 3.63) is 0 Å². The highest BCUT2D eigenvalue weighted by molar-refractivity contribution is 9.09. The van der Waals surface area contributed by atoms with Crippen molar-refractivity contribution in [2.45, 2.75) is 69.2 Å². The van der Waals surface area contributed by atoms with E-state index in [1.54, 1.807) is 0 Å². The van der Waals surface area contributed by atoms with Gasteiger partial charge in [-0.15, -0.1) is 0 Å². The third-order valence-electron chi connectivity index (χ3n) is 3.04. The molecule has 0 aromatic heterocycles. The summed E-state index contributed by atoms with van der Waals surface area (Å²) in [6.45, 7) is 2.16. The number of unbranched alkanes of at least 4 members (excludes halogenated alkanes) is 2. The third-order valence-corrected chi connectivity index (χ3v) is 4.13. The van der Waals surface area contributed by atoms with Gasteiger partial charge in [0.05, 0.1) is 0 Å². The van der Waals surface area contributed by atoms with Gasteiger partial charge in [-0.2, -0.15) is 0 Å². The Hall–Kier alpha value is -0.0500. The lowest BCUT2D eigenvalue weighted by atomic mass is 9.95. The highest BCUT2D eigenvalue weighted by Gasteiger charge is 2.23. The van der Waals surface area contributed by atoms with Gasteiger partial charge in [0.2, 0.25) is 5.91 Å². The Morgan fingerprint density at radius 1 is 1.33 bits per heavy atom. The molecule has 1 saturated carbocycles. The molecular weight excluding hydrogens is 254 g/mol. The van der Waals surface area contributed by atoms with Gasteiger partial charge in [0, 0.05) is 17.3 Å². The van der Waals surface area contributed by atoms with E-state index in [2.05, 4.69) is 28.2 Å². The molecule has 88 valence electrons. The molecule has 1 rings (SSSR count). The van der Waals surface area contributed by atoms with Gasteiger partial charge in [0.15, 0.2) is 0 Å². The molecule has 3 heteroatoms. The number of carbonyl (C=O) groups excluding carboxylic acids is 1. The van der Waals surface area contributed by atoms with Gasteiger partial charge in [0.1, 0.15) is 0 Å². The van der Waals surface area contributed by atoms with Crippen molar-refractivity contribution in [3.63, 3.8) is 0 Å². The fourth-order valence-electron chi connectivity index (χ4n) is 2.06. The van der Waals surface area contributed by atoms with E-state index in [0.717, 1.165) is 19.3 Å². The molecule has 1 amide bonds. The van der Waals surface area contributed by atoms with E-state index < -0.39 is 0 Å². The Balaban J connectivity index is 2.18. The van der Waals surface area contributed by atoms with Crippen LogP contribution in [0.15, 0.2) is 0 Å². The van der Waals surface area contributed by atoms with Crippen molar-refractivity contribution in [2.75, 3.05) is 0 Å². The lowest BCUT2D eigenvalue weighted by Gasteiger charge is -2.28. The van der Waals surface area contributed by atoms with Crippen molar-refractivity contribution >= 4 is 21.8 Å². The number of halogens is 1. The molecule has 1 fully saturated rings. The Labute approximate surface area is 101 Å². The van der Waals surface area contributed by atoms with E-state index in [-0.39, 0.29) is 5.91 Å². The van der Waals surface area contributed by atoms with E-state index >= 15 is 0 Å². The van der Waals surface area contributed by atoms with Crippen LogP contribution >= 0.6 is 15.9 Å². The number of nitrogens with one attached hydrogen (secondary N) is 1. The predicted octanol–water partition coefficient (Wildman–Crippen LogP) is 3.39. The first-order valence-electron chi connectivity index (χ1n) is 6.17. The smallest absolute Gasteiger partial charge is 0.220 e. The average molecular weight is 276 g/mol. The van der Waals surface area contributed by atoms with E-state index in [1.807, 2.05) is 0 Å². The lowest BCUT2D eigenvalue weighted by Crippen LogP contribution is -2.42. The Morgan fingerprint density at radius 3 is 2.73 bits per heavy atom. The van der Waals surface area contributed by atoms with Crippen LogP contribution in [0.1, 0.15) is 58.3 Å². The molecule has 0 saturated heterocycles. The number of hydrogen-bond donors (Lipinski definition) is 1. The second-order valence-corrected chi connectivity index (χ2v) is 5.61. The SMILES string of the molecule is CCCCCC(=O)NC1CCCCC1Br. The van der Waals surface area contributed by atoms with E-state index in [1.165, 1.54) is 25.7 Å². The molecule has 0 bridgehead atoms. The summed E-state index contributed by atoms with van der Waals surface area (Å²) in [5.41, 5.74) is 0. The summed E-state index contributed by atoms with van der Waals surface area (Å²) in [7, 11) is 0. The van der Waals surface area contributed by atoms with Gasteiger partial charge < -0.3 is 5.32 Å². The maximum Gasteiger partial charge on any atom is 0.220 e. The zero-order valence-electron chi connectivity index (χ0n) is 9.60. The zero-order valence-corrected chi connectivity index (χ0v) is 11.2. The number of amides is 1.